The molecule has 0 aliphatic carbocycles. The lowest BCUT2D eigenvalue weighted by Crippen LogP contribution is -2.51. The van der Waals surface area contributed by atoms with Gasteiger partial charge in [-0.1, -0.05) is 42.5 Å². The molecule has 2 heterocycles. The highest BCUT2D eigenvalue weighted by molar-refractivity contribution is 5.90. The van der Waals surface area contributed by atoms with E-state index in [-0.39, 0.29) is 19.0 Å². The van der Waals surface area contributed by atoms with Gasteiger partial charge in [-0.25, -0.2) is 4.79 Å². The van der Waals surface area contributed by atoms with Crippen molar-refractivity contribution in [3.63, 3.8) is 0 Å². The fourth-order valence-corrected chi connectivity index (χ4v) is 3.62. The Morgan fingerprint density at radius 3 is 2.63 bits per heavy atom. The van der Waals surface area contributed by atoms with Crippen LogP contribution < -0.4 is 0 Å². The molecule has 2 aromatic carbocycles. The average Bonchev–Trinajstić information content (AvgIpc) is 3.05. The molecule has 0 spiro atoms. The number of fused-ring (bicyclic) bond motifs is 2. The second-order valence-corrected chi connectivity index (χ2v) is 6.92. The monoisotopic (exact) mass is 364 g/mol. The molecule has 0 radical (unpaired) electrons. The summed E-state index contributed by atoms with van der Waals surface area (Å²) >= 11 is 0. The van der Waals surface area contributed by atoms with E-state index in [1.54, 1.807) is 11.5 Å². The number of aryl methyl sites for hydroxylation is 1. The first-order chi connectivity index (χ1) is 13.0. The second kappa shape index (κ2) is 6.50. The first-order valence-corrected chi connectivity index (χ1v) is 8.86. The smallest absolute Gasteiger partial charge is 0.328 e. The van der Waals surface area contributed by atoms with Crippen LogP contribution in [0.15, 0.2) is 42.5 Å². The highest BCUT2D eigenvalue weighted by atomic mass is 16.4. The summed E-state index contributed by atoms with van der Waals surface area (Å²) in [7, 11) is 0. The number of aromatic nitrogens is 3. The van der Waals surface area contributed by atoms with E-state index in [9.17, 15) is 14.7 Å². The summed E-state index contributed by atoms with van der Waals surface area (Å²) in [5, 5.41) is 19.9. The lowest BCUT2D eigenvalue weighted by molar-refractivity contribution is -0.153. The number of rotatable bonds is 3. The number of carboxylic acids is 1. The van der Waals surface area contributed by atoms with Gasteiger partial charge in [-0.15, -0.1) is 10.2 Å². The molecule has 1 amide bonds. The molecule has 0 saturated carbocycles. The maximum absolute atomic E-state index is 13.2. The summed E-state index contributed by atoms with van der Waals surface area (Å²) < 4.78 is 1.77. The molecule has 2 unspecified atom stereocenters. The molecule has 1 aliphatic rings. The van der Waals surface area contributed by atoms with Gasteiger partial charge in [-0.2, -0.15) is 0 Å². The molecule has 1 aliphatic heterocycles. The molecule has 7 heteroatoms. The van der Waals surface area contributed by atoms with Gasteiger partial charge in [0.15, 0.2) is 5.82 Å². The number of benzene rings is 2. The van der Waals surface area contributed by atoms with E-state index in [1.165, 1.54) is 4.90 Å². The Morgan fingerprint density at radius 1 is 1.15 bits per heavy atom. The van der Waals surface area contributed by atoms with Crippen LogP contribution in [0.5, 0.6) is 0 Å². The normalized spacial score (nSPS) is 17.6. The van der Waals surface area contributed by atoms with Gasteiger partial charge in [0.05, 0.1) is 19.0 Å². The van der Waals surface area contributed by atoms with Crippen molar-refractivity contribution < 1.29 is 14.7 Å². The molecule has 0 bridgehead atoms. The number of hydrogen-bond donors (Lipinski definition) is 1. The van der Waals surface area contributed by atoms with E-state index in [0.29, 0.717) is 11.6 Å². The zero-order valence-electron chi connectivity index (χ0n) is 15.2. The Bertz CT molecular complexity index is 1040. The molecule has 4 rings (SSSR count). The van der Waals surface area contributed by atoms with E-state index in [1.807, 2.05) is 49.4 Å². The second-order valence-electron chi connectivity index (χ2n) is 6.92. The van der Waals surface area contributed by atoms with Crippen LogP contribution in [0.2, 0.25) is 0 Å². The minimum atomic E-state index is -1.02. The van der Waals surface area contributed by atoms with Crippen molar-refractivity contribution in [2.45, 2.75) is 38.9 Å². The van der Waals surface area contributed by atoms with Crippen LogP contribution in [0.1, 0.15) is 30.1 Å². The summed E-state index contributed by atoms with van der Waals surface area (Å²) in [4.78, 5) is 26.4. The van der Waals surface area contributed by atoms with Crippen LogP contribution in [-0.4, -0.2) is 42.7 Å². The van der Waals surface area contributed by atoms with E-state index in [4.69, 9.17) is 0 Å². The predicted octanol–water partition coefficient (Wildman–Crippen LogP) is 2.34. The summed E-state index contributed by atoms with van der Waals surface area (Å²) in [6.07, 6.45) is 0. The molecule has 0 fully saturated rings. The molecule has 27 heavy (non-hydrogen) atoms. The standard InChI is InChI=1S/C20H20N4O3/c1-12(15-8-7-14-5-3-4-6-16(14)9-15)19(25)24-11-18-22-21-13(2)23(18)10-17(24)20(26)27/h3-9,12,17H,10-11H2,1-2H3,(H,26,27). The van der Waals surface area contributed by atoms with Crippen LogP contribution >= 0.6 is 0 Å². The lowest BCUT2D eigenvalue weighted by Gasteiger charge is -2.35. The maximum atomic E-state index is 13.2. The molecule has 2 atom stereocenters. The number of amides is 1. The minimum absolute atomic E-state index is 0.147. The van der Waals surface area contributed by atoms with Crippen LogP contribution in [0.4, 0.5) is 0 Å². The van der Waals surface area contributed by atoms with Crippen molar-refractivity contribution in [2.75, 3.05) is 0 Å². The van der Waals surface area contributed by atoms with Gasteiger partial charge in [0, 0.05) is 0 Å². The fraction of sp³-hybridized carbons (Fsp3) is 0.300. The Kier molecular flexibility index (Phi) is 4.14. The van der Waals surface area contributed by atoms with Gasteiger partial charge in [0.25, 0.3) is 0 Å². The highest BCUT2D eigenvalue weighted by Gasteiger charge is 2.38. The van der Waals surface area contributed by atoms with Crippen LogP contribution in [0.25, 0.3) is 10.8 Å². The van der Waals surface area contributed by atoms with Gasteiger partial charge < -0.3 is 14.6 Å². The highest BCUT2D eigenvalue weighted by Crippen LogP contribution is 2.27. The molecule has 7 nitrogen and oxygen atoms in total. The van der Waals surface area contributed by atoms with Crippen molar-refractivity contribution in [1.29, 1.82) is 0 Å². The Morgan fingerprint density at radius 2 is 1.89 bits per heavy atom. The van der Waals surface area contributed by atoms with Crippen molar-refractivity contribution in [3.8, 4) is 0 Å². The summed E-state index contributed by atoms with van der Waals surface area (Å²) in [5.41, 5.74) is 0.867. The van der Waals surface area contributed by atoms with Crippen LogP contribution in [-0.2, 0) is 22.7 Å². The Hall–Kier alpha value is -3.22. The molecular formula is C20H20N4O3. The Labute approximate surface area is 156 Å². The van der Waals surface area contributed by atoms with Crippen molar-refractivity contribution in [1.82, 2.24) is 19.7 Å². The quantitative estimate of drug-likeness (QED) is 0.771. The van der Waals surface area contributed by atoms with Gasteiger partial charge in [0.1, 0.15) is 11.9 Å². The number of carbonyl (C=O) groups excluding carboxylic acids is 1. The van der Waals surface area contributed by atoms with Gasteiger partial charge in [0.2, 0.25) is 5.91 Å². The maximum Gasteiger partial charge on any atom is 0.328 e. The van der Waals surface area contributed by atoms with Crippen LogP contribution in [0.3, 0.4) is 0 Å². The van der Waals surface area contributed by atoms with Crippen LogP contribution in [0, 0.1) is 6.92 Å². The molecule has 1 aromatic heterocycles. The number of carboxylic acid groups (broad SMARTS) is 1. The number of hydrogen-bond acceptors (Lipinski definition) is 4. The molecule has 0 saturated heterocycles. The number of aliphatic carboxylic acids is 1. The summed E-state index contributed by atoms with van der Waals surface area (Å²) in [6.45, 7) is 3.91. The molecule has 138 valence electrons. The topological polar surface area (TPSA) is 88.3 Å². The fourth-order valence-electron chi connectivity index (χ4n) is 3.62. The largest absolute Gasteiger partial charge is 0.480 e. The van der Waals surface area contributed by atoms with E-state index < -0.39 is 17.9 Å². The predicted molar refractivity (Wildman–Crippen MR) is 99.1 cm³/mol. The van der Waals surface area contributed by atoms with Crippen molar-refractivity contribution in [3.05, 3.63) is 59.7 Å². The van der Waals surface area contributed by atoms with Gasteiger partial charge in [-0.3, -0.25) is 4.79 Å². The van der Waals surface area contributed by atoms with Crippen molar-refractivity contribution in [2.24, 2.45) is 0 Å². The third-order valence-corrected chi connectivity index (χ3v) is 5.27. The van der Waals surface area contributed by atoms with Gasteiger partial charge >= 0.3 is 5.97 Å². The Balaban J connectivity index is 1.66. The van der Waals surface area contributed by atoms with E-state index in [2.05, 4.69) is 10.2 Å². The zero-order valence-corrected chi connectivity index (χ0v) is 15.2. The molecule has 3 aromatic rings. The first-order valence-electron chi connectivity index (χ1n) is 8.86. The average molecular weight is 364 g/mol. The van der Waals surface area contributed by atoms with E-state index >= 15 is 0 Å². The number of nitrogens with zero attached hydrogens (tertiary/aromatic N) is 4. The number of carbonyl (C=O) groups is 2. The van der Waals surface area contributed by atoms with Crippen molar-refractivity contribution >= 4 is 22.6 Å². The lowest BCUT2D eigenvalue weighted by atomic mass is 9.95. The first kappa shape index (κ1) is 17.2. The molecular weight excluding hydrogens is 344 g/mol. The third-order valence-electron chi connectivity index (χ3n) is 5.27. The summed E-state index contributed by atoms with van der Waals surface area (Å²) in [6, 6.07) is 12.9. The third kappa shape index (κ3) is 2.95. The minimum Gasteiger partial charge on any atom is -0.480 e. The SMILES string of the molecule is Cc1nnc2n1CC(C(=O)O)N(C(=O)C(C)c1ccc3ccccc3c1)C2. The van der Waals surface area contributed by atoms with Gasteiger partial charge in [-0.05, 0) is 30.2 Å². The zero-order chi connectivity index (χ0) is 19.1. The molecule has 1 N–H and O–H groups in total. The summed E-state index contributed by atoms with van der Waals surface area (Å²) in [5.74, 6) is -0.417. The van der Waals surface area contributed by atoms with E-state index in [0.717, 1.165) is 16.3 Å².